The number of anilines is 1. The van der Waals surface area contributed by atoms with E-state index in [-0.39, 0.29) is 17.6 Å². The average molecular weight is 400 g/mol. The maximum Gasteiger partial charge on any atom is 0.281 e. The molecule has 1 saturated heterocycles. The van der Waals surface area contributed by atoms with E-state index in [1.54, 1.807) is 48.5 Å². The molecule has 0 radical (unpaired) electrons. The van der Waals surface area contributed by atoms with E-state index < -0.39 is 0 Å². The van der Waals surface area contributed by atoms with Crippen molar-refractivity contribution in [2.24, 2.45) is 0 Å². The fourth-order valence-electron chi connectivity index (χ4n) is 2.56. The fourth-order valence-corrected chi connectivity index (χ4v) is 3.07. The van der Waals surface area contributed by atoms with Gasteiger partial charge in [-0.1, -0.05) is 29.8 Å². The predicted octanol–water partition coefficient (Wildman–Crippen LogP) is 3.51. The van der Waals surface area contributed by atoms with Crippen LogP contribution in [0.15, 0.2) is 48.2 Å². The zero-order chi connectivity index (χ0) is 19.4. The topological polar surface area (TPSA) is 74.6 Å². The van der Waals surface area contributed by atoms with E-state index in [1.165, 1.54) is 12.0 Å². The lowest BCUT2D eigenvalue weighted by molar-refractivity contribution is -0.113. The lowest BCUT2D eigenvalue weighted by Gasteiger charge is -2.15. The maximum absolute atomic E-state index is 12.8. The number of hydrogen-bond donors (Lipinski definition) is 1. The van der Waals surface area contributed by atoms with Gasteiger partial charge in [-0.3, -0.25) is 9.69 Å². The molecule has 0 spiro atoms. The summed E-state index contributed by atoms with van der Waals surface area (Å²) < 4.78 is 10.6. The first-order chi connectivity index (χ1) is 13.0. The molecule has 0 atom stereocenters. The number of hydrogen-bond acceptors (Lipinski definition) is 5. The maximum atomic E-state index is 12.8. The normalized spacial score (nSPS) is 14.9. The Labute approximate surface area is 166 Å². The highest BCUT2D eigenvalue weighted by atomic mass is 35.5. The van der Waals surface area contributed by atoms with Crippen molar-refractivity contribution in [2.45, 2.75) is 0 Å². The first-order valence-electron chi connectivity index (χ1n) is 7.84. The molecule has 6 nitrogen and oxygen atoms in total. The van der Waals surface area contributed by atoms with Crippen LogP contribution >= 0.6 is 23.8 Å². The van der Waals surface area contributed by atoms with Crippen molar-refractivity contribution >= 4 is 46.6 Å². The first kappa shape index (κ1) is 18.7. The summed E-state index contributed by atoms with van der Waals surface area (Å²) in [4.78, 5) is 14.1. The van der Waals surface area contributed by atoms with Crippen LogP contribution in [0.2, 0.25) is 5.02 Å². The van der Waals surface area contributed by atoms with E-state index in [1.807, 2.05) is 6.07 Å². The second kappa shape index (κ2) is 8.08. The van der Waals surface area contributed by atoms with Gasteiger partial charge in [-0.25, -0.2) is 0 Å². The van der Waals surface area contributed by atoms with Gasteiger partial charge in [0.2, 0.25) is 0 Å². The number of methoxy groups -OCH3 is 1. The van der Waals surface area contributed by atoms with Gasteiger partial charge < -0.3 is 14.8 Å². The van der Waals surface area contributed by atoms with Crippen molar-refractivity contribution in [3.05, 3.63) is 58.7 Å². The summed E-state index contributed by atoms with van der Waals surface area (Å²) in [6.07, 6.45) is 1.65. The number of benzene rings is 2. The molecule has 1 aliphatic heterocycles. The molecule has 1 N–H and O–H groups in total. The van der Waals surface area contributed by atoms with Crippen molar-refractivity contribution in [3.63, 3.8) is 0 Å². The molecule has 0 aliphatic carbocycles. The number of amides is 1. The number of ether oxygens (including phenoxy) is 2. The molecule has 136 valence electrons. The van der Waals surface area contributed by atoms with Gasteiger partial charge in [0.05, 0.1) is 17.8 Å². The highest BCUT2D eigenvalue weighted by Crippen LogP contribution is 2.31. The highest BCUT2D eigenvalue weighted by molar-refractivity contribution is 7.80. The van der Waals surface area contributed by atoms with Crippen molar-refractivity contribution in [1.82, 2.24) is 5.32 Å². The van der Waals surface area contributed by atoms with E-state index >= 15 is 0 Å². The summed E-state index contributed by atoms with van der Waals surface area (Å²) in [6.45, 7) is -0.0854. The number of nitrogens with zero attached hydrogens (tertiary/aromatic N) is 2. The molecule has 0 aromatic heterocycles. The number of halogens is 1. The van der Waals surface area contributed by atoms with E-state index in [2.05, 4.69) is 5.32 Å². The Bertz CT molecular complexity index is 984. The minimum Gasteiger partial charge on any atom is -0.493 e. The summed E-state index contributed by atoms with van der Waals surface area (Å²) in [5.41, 5.74) is 1.53. The Kier molecular flexibility index (Phi) is 5.60. The molecule has 1 aliphatic rings. The third-order valence-corrected chi connectivity index (χ3v) is 4.37. The lowest BCUT2D eigenvalue weighted by atomic mass is 10.1. The summed E-state index contributed by atoms with van der Waals surface area (Å²) in [7, 11) is 1.50. The van der Waals surface area contributed by atoms with Gasteiger partial charge in [0, 0.05) is 0 Å². The van der Waals surface area contributed by atoms with E-state index in [9.17, 15) is 4.79 Å². The average Bonchev–Trinajstić information content (AvgIpc) is 2.94. The van der Waals surface area contributed by atoms with Crippen molar-refractivity contribution in [1.29, 1.82) is 5.26 Å². The summed E-state index contributed by atoms with van der Waals surface area (Å²) in [5, 5.41) is 12.2. The third-order valence-electron chi connectivity index (χ3n) is 3.76. The van der Waals surface area contributed by atoms with E-state index in [4.69, 9.17) is 38.6 Å². The van der Waals surface area contributed by atoms with E-state index in [0.717, 1.165) is 0 Å². The molecule has 2 aromatic carbocycles. The second-order valence-electron chi connectivity index (χ2n) is 5.44. The standard InChI is InChI=1S/C19H14ClN3O3S/c1-25-17-11-12(6-7-16(17)26-9-8-21)10-14-18(24)23(19(27)22-14)15-5-3-2-4-13(15)20/h2-7,10-11H,9H2,1H3,(H,22,27)/b14-10+. The Balaban J connectivity index is 1.90. The van der Waals surface area contributed by atoms with Gasteiger partial charge in [-0.15, -0.1) is 0 Å². The summed E-state index contributed by atoms with van der Waals surface area (Å²) >= 11 is 11.5. The molecule has 1 fully saturated rings. The van der Waals surface area contributed by atoms with E-state index in [0.29, 0.717) is 33.5 Å². The number of carbonyl (C=O) groups excluding carboxylic acids is 1. The smallest absolute Gasteiger partial charge is 0.281 e. The van der Waals surface area contributed by atoms with Crippen LogP contribution in [-0.4, -0.2) is 24.7 Å². The highest BCUT2D eigenvalue weighted by Gasteiger charge is 2.33. The number of para-hydroxylation sites is 1. The van der Waals surface area contributed by atoms with Crippen LogP contribution in [0.3, 0.4) is 0 Å². The minimum absolute atomic E-state index is 0.0854. The van der Waals surface area contributed by atoms with Crippen molar-refractivity contribution in [2.75, 3.05) is 18.6 Å². The molecule has 0 saturated carbocycles. The molecule has 1 amide bonds. The van der Waals surface area contributed by atoms with Gasteiger partial charge in [-0.2, -0.15) is 5.26 Å². The van der Waals surface area contributed by atoms with Crippen molar-refractivity contribution < 1.29 is 14.3 Å². The zero-order valence-electron chi connectivity index (χ0n) is 14.2. The first-order valence-corrected chi connectivity index (χ1v) is 8.63. The van der Waals surface area contributed by atoms with Crippen LogP contribution in [0.25, 0.3) is 6.08 Å². The molecule has 0 bridgehead atoms. The monoisotopic (exact) mass is 399 g/mol. The van der Waals surface area contributed by atoms with Gasteiger partial charge in [0.1, 0.15) is 11.8 Å². The minimum atomic E-state index is -0.308. The molecule has 3 rings (SSSR count). The molecule has 0 unspecified atom stereocenters. The Morgan fingerprint density at radius 3 is 2.78 bits per heavy atom. The van der Waals surface area contributed by atoms with Gasteiger partial charge in [0.15, 0.2) is 23.2 Å². The molecule has 1 heterocycles. The predicted molar refractivity (Wildman–Crippen MR) is 107 cm³/mol. The quantitative estimate of drug-likeness (QED) is 0.612. The molecule has 8 heteroatoms. The fraction of sp³-hybridized carbons (Fsp3) is 0.105. The zero-order valence-corrected chi connectivity index (χ0v) is 15.8. The van der Waals surface area contributed by atoms with Crippen LogP contribution in [0.1, 0.15) is 5.56 Å². The number of nitrogens with one attached hydrogen (secondary N) is 1. The largest absolute Gasteiger partial charge is 0.493 e. The van der Waals surface area contributed by atoms with Crippen molar-refractivity contribution in [3.8, 4) is 17.6 Å². The van der Waals surface area contributed by atoms with Gasteiger partial charge in [0.25, 0.3) is 5.91 Å². The summed E-state index contributed by atoms with van der Waals surface area (Å²) in [5.74, 6) is 0.590. The summed E-state index contributed by atoms with van der Waals surface area (Å²) in [6, 6.07) is 14.0. The van der Waals surface area contributed by atoms with Crippen LogP contribution in [0.5, 0.6) is 11.5 Å². The Morgan fingerprint density at radius 1 is 1.30 bits per heavy atom. The molecule has 2 aromatic rings. The second-order valence-corrected chi connectivity index (χ2v) is 6.23. The molecular formula is C19H14ClN3O3S. The third kappa shape index (κ3) is 3.87. The van der Waals surface area contributed by atoms with Crippen LogP contribution < -0.4 is 19.7 Å². The molecular weight excluding hydrogens is 386 g/mol. The number of carbonyl (C=O) groups is 1. The number of nitriles is 1. The van der Waals surface area contributed by atoms with Gasteiger partial charge >= 0.3 is 0 Å². The lowest BCUT2D eigenvalue weighted by Crippen LogP contribution is -2.30. The number of rotatable bonds is 5. The Morgan fingerprint density at radius 2 is 2.07 bits per heavy atom. The van der Waals surface area contributed by atoms with Crippen LogP contribution in [0, 0.1) is 11.3 Å². The Hall–Kier alpha value is -3.08. The van der Waals surface area contributed by atoms with Gasteiger partial charge in [-0.05, 0) is 48.1 Å². The number of thiocarbonyl (C=S) groups is 1. The van der Waals surface area contributed by atoms with Crippen LogP contribution in [0.4, 0.5) is 5.69 Å². The van der Waals surface area contributed by atoms with Crippen LogP contribution in [-0.2, 0) is 4.79 Å². The SMILES string of the molecule is COc1cc(/C=C2/NC(=S)N(c3ccccc3Cl)C2=O)ccc1OCC#N. The molecule has 27 heavy (non-hydrogen) atoms.